The van der Waals surface area contributed by atoms with Gasteiger partial charge in [-0.2, -0.15) is 9.78 Å². The molecule has 0 aliphatic carbocycles. The maximum Gasteiger partial charge on any atom is 0.282 e. The van der Waals surface area contributed by atoms with E-state index in [2.05, 4.69) is 41.9 Å². The predicted octanol–water partition coefficient (Wildman–Crippen LogP) is 3.82. The summed E-state index contributed by atoms with van der Waals surface area (Å²) in [5.41, 5.74) is 0.859. The minimum Gasteiger partial charge on any atom is -0.506 e. The summed E-state index contributed by atoms with van der Waals surface area (Å²) in [6, 6.07) is 10.5. The molecule has 116 valence electrons. The van der Waals surface area contributed by atoms with Crippen LogP contribution in [0.5, 0.6) is 5.75 Å². The van der Waals surface area contributed by atoms with Gasteiger partial charge in [-0.15, -0.1) is 0 Å². The minimum absolute atomic E-state index is 0.0522. The van der Waals surface area contributed by atoms with Crippen LogP contribution in [0.1, 0.15) is 11.4 Å². The summed E-state index contributed by atoms with van der Waals surface area (Å²) in [7, 11) is 0. The number of rotatable bonds is 2. The van der Waals surface area contributed by atoms with E-state index in [0.29, 0.717) is 26.8 Å². The quantitative estimate of drug-likeness (QED) is 0.621. The second-order valence-electron chi connectivity index (χ2n) is 4.86. The maximum absolute atomic E-state index is 12.5. The number of benzene rings is 2. The third kappa shape index (κ3) is 3.07. The van der Waals surface area contributed by atoms with E-state index in [9.17, 15) is 9.90 Å². The molecule has 7 heteroatoms. The molecule has 0 saturated carbocycles. The van der Waals surface area contributed by atoms with Gasteiger partial charge in [-0.05, 0) is 47.1 Å². The summed E-state index contributed by atoms with van der Waals surface area (Å²) in [4.78, 5) is 16.9. The number of fused-ring (bicyclic) bond motifs is 1. The first-order valence-corrected chi connectivity index (χ1v) is 8.27. The van der Waals surface area contributed by atoms with E-state index in [4.69, 9.17) is 0 Å². The van der Waals surface area contributed by atoms with Crippen LogP contribution in [-0.2, 0) is 0 Å². The molecule has 0 fully saturated rings. The summed E-state index contributed by atoms with van der Waals surface area (Å²) in [5.74, 6) is 0.523. The largest absolute Gasteiger partial charge is 0.506 e. The van der Waals surface area contributed by atoms with E-state index in [-0.39, 0.29) is 11.3 Å². The lowest BCUT2D eigenvalue weighted by Crippen LogP contribution is -2.20. The van der Waals surface area contributed by atoms with E-state index in [1.165, 1.54) is 10.9 Å². The molecule has 0 aliphatic rings. The minimum atomic E-state index is -0.252. The number of hydrogen-bond donors (Lipinski definition) is 1. The van der Waals surface area contributed by atoms with Crippen molar-refractivity contribution in [3.8, 4) is 5.75 Å². The van der Waals surface area contributed by atoms with Gasteiger partial charge < -0.3 is 5.11 Å². The molecule has 3 aromatic rings. The Labute approximate surface area is 148 Å². The first-order valence-electron chi connectivity index (χ1n) is 6.68. The molecule has 1 heterocycles. The van der Waals surface area contributed by atoms with Crippen molar-refractivity contribution < 1.29 is 5.11 Å². The molecule has 0 spiro atoms. The van der Waals surface area contributed by atoms with Crippen LogP contribution in [0.2, 0.25) is 0 Å². The van der Waals surface area contributed by atoms with Crippen molar-refractivity contribution in [2.24, 2.45) is 5.10 Å². The van der Waals surface area contributed by atoms with Gasteiger partial charge in [0.25, 0.3) is 5.56 Å². The van der Waals surface area contributed by atoms with Gasteiger partial charge in [0, 0.05) is 10.0 Å². The highest BCUT2D eigenvalue weighted by Gasteiger charge is 2.08. The lowest BCUT2D eigenvalue weighted by atomic mass is 10.2. The number of hydrogen-bond acceptors (Lipinski definition) is 4. The third-order valence-electron chi connectivity index (χ3n) is 3.29. The molecule has 23 heavy (non-hydrogen) atoms. The van der Waals surface area contributed by atoms with Gasteiger partial charge in [-0.25, -0.2) is 4.98 Å². The Morgan fingerprint density at radius 1 is 1.26 bits per heavy atom. The van der Waals surface area contributed by atoms with Crippen molar-refractivity contribution in [2.45, 2.75) is 6.92 Å². The van der Waals surface area contributed by atoms with Crippen molar-refractivity contribution in [2.75, 3.05) is 0 Å². The van der Waals surface area contributed by atoms with Crippen LogP contribution in [0.3, 0.4) is 0 Å². The average molecular weight is 437 g/mol. The van der Waals surface area contributed by atoms with E-state index < -0.39 is 0 Å². The summed E-state index contributed by atoms with van der Waals surface area (Å²) in [5, 5.41) is 14.7. The first kappa shape index (κ1) is 15.9. The van der Waals surface area contributed by atoms with Crippen LogP contribution in [-0.4, -0.2) is 21.0 Å². The van der Waals surface area contributed by atoms with Gasteiger partial charge in [0.1, 0.15) is 11.6 Å². The van der Waals surface area contributed by atoms with Crippen LogP contribution in [0, 0.1) is 6.92 Å². The Morgan fingerprint density at radius 3 is 2.78 bits per heavy atom. The molecule has 0 radical (unpaired) electrons. The Kier molecular flexibility index (Phi) is 4.32. The zero-order valence-corrected chi connectivity index (χ0v) is 15.2. The van der Waals surface area contributed by atoms with Crippen molar-refractivity contribution in [1.29, 1.82) is 0 Å². The number of nitrogens with zero attached hydrogens (tertiary/aromatic N) is 3. The predicted molar refractivity (Wildman–Crippen MR) is 97.2 cm³/mol. The van der Waals surface area contributed by atoms with Crippen LogP contribution in [0.15, 0.2) is 55.2 Å². The molecule has 0 atom stereocenters. The number of aromatic hydroxyl groups is 1. The number of aryl methyl sites for hydroxylation is 1. The van der Waals surface area contributed by atoms with Gasteiger partial charge in [-0.3, -0.25) is 4.79 Å². The SMILES string of the molecule is Cc1nc2ccccc2c(=O)n1/N=C\c1cc(Br)cc(Br)c1O. The highest BCUT2D eigenvalue weighted by molar-refractivity contribution is 9.11. The van der Waals surface area contributed by atoms with Crippen LogP contribution in [0.4, 0.5) is 0 Å². The standard InChI is InChI=1S/C16H11Br2N3O2/c1-9-20-14-5-3-2-4-12(14)16(23)21(9)19-8-10-6-11(17)7-13(18)15(10)22/h2-8,22H,1H3/b19-8-. The number of halogens is 2. The molecule has 1 N–H and O–H groups in total. The maximum atomic E-state index is 12.5. The molecule has 0 amide bonds. The summed E-state index contributed by atoms with van der Waals surface area (Å²) >= 11 is 6.61. The van der Waals surface area contributed by atoms with Crippen molar-refractivity contribution in [3.05, 3.63) is 67.1 Å². The van der Waals surface area contributed by atoms with Crippen LogP contribution in [0.25, 0.3) is 10.9 Å². The topological polar surface area (TPSA) is 67.5 Å². The van der Waals surface area contributed by atoms with E-state index in [0.717, 1.165) is 4.47 Å². The van der Waals surface area contributed by atoms with Gasteiger partial charge in [-0.1, -0.05) is 28.1 Å². The second kappa shape index (κ2) is 6.25. The third-order valence-corrected chi connectivity index (χ3v) is 4.35. The zero-order valence-electron chi connectivity index (χ0n) is 12.0. The molecule has 0 bridgehead atoms. The van der Waals surface area contributed by atoms with E-state index in [1.54, 1.807) is 37.3 Å². The average Bonchev–Trinajstić information content (AvgIpc) is 2.51. The molecule has 0 aliphatic heterocycles. The number of phenols is 1. The van der Waals surface area contributed by atoms with Crippen molar-refractivity contribution >= 4 is 49.0 Å². The smallest absolute Gasteiger partial charge is 0.282 e. The molecular formula is C16H11Br2N3O2. The molecular weight excluding hydrogens is 426 g/mol. The molecule has 0 saturated heterocycles. The van der Waals surface area contributed by atoms with Gasteiger partial charge in [0.05, 0.1) is 21.6 Å². The fraction of sp³-hybridized carbons (Fsp3) is 0.0625. The Morgan fingerprint density at radius 2 is 2.00 bits per heavy atom. The fourth-order valence-corrected chi connectivity index (χ4v) is 3.43. The lowest BCUT2D eigenvalue weighted by molar-refractivity contribution is 0.471. The number of aromatic nitrogens is 2. The Bertz CT molecular complexity index is 997. The molecule has 5 nitrogen and oxygen atoms in total. The fourth-order valence-electron chi connectivity index (χ4n) is 2.17. The van der Waals surface area contributed by atoms with Crippen molar-refractivity contribution in [3.63, 3.8) is 0 Å². The summed E-state index contributed by atoms with van der Waals surface area (Å²) < 4.78 is 2.54. The highest BCUT2D eigenvalue weighted by atomic mass is 79.9. The Balaban J connectivity index is 2.14. The zero-order chi connectivity index (χ0) is 16.6. The van der Waals surface area contributed by atoms with Crippen LogP contribution < -0.4 is 5.56 Å². The van der Waals surface area contributed by atoms with Crippen LogP contribution >= 0.6 is 31.9 Å². The van der Waals surface area contributed by atoms with Crippen molar-refractivity contribution in [1.82, 2.24) is 9.66 Å². The lowest BCUT2D eigenvalue weighted by Gasteiger charge is -2.06. The molecule has 2 aromatic carbocycles. The summed E-state index contributed by atoms with van der Waals surface area (Å²) in [6.45, 7) is 1.71. The highest BCUT2D eigenvalue weighted by Crippen LogP contribution is 2.30. The van der Waals surface area contributed by atoms with E-state index in [1.807, 2.05) is 6.07 Å². The monoisotopic (exact) mass is 435 g/mol. The second-order valence-corrected chi connectivity index (χ2v) is 6.63. The number of para-hydroxylation sites is 1. The first-order chi connectivity index (χ1) is 11.0. The van der Waals surface area contributed by atoms with E-state index >= 15 is 0 Å². The van der Waals surface area contributed by atoms with Gasteiger partial charge in [0.15, 0.2) is 0 Å². The summed E-state index contributed by atoms with van der Waals surface area (Å²) in [6.07, 6.45) is 1.43. The Hall–Kier alpha value is -1.99. The molecule has 3 rings (SSSR count). The molecule has 1 aromatic heterocycles. The molecule has 0 unspecified atom stereocenters. The van der Waals surface area contributed by atoms with Gasteiger partial charge >= 0.3 is 0 Å². The number of phenolic OH excluding ortho intramolecular Hbond substituents is 1. The normalized spacial score (nSPS) is 11.4. The van der Waals surface area contributed by atoms with Gasteiger partial charge in [0.2, 0.25) is 0 Å².